The molecular formula is C14H16BrN5O2. The molecule has 0 spiro atoms. The van der Waals surface area contributed by atoms with Gasteiger partial charge in [-0.3, -0.25) is 9.59 Å². The van der Waals surface area contributed by atoms with Gasteiger partial charge in [-0.1, -0.05) is 0 Å². The number of likely N-dealkylation sites (tertiary alicyclic amines) is 1. The number of carbonyl (C=O) groups excluding carboxylic acids is 2. The Bertz CT molecular complexity index is 729. The summed E-state index contributed by atoms with van der Waals surface area (Å²) in [5.74, 6) is 0.225. The molecule has 1 fully saturated rings. The van der Waals surface area contributed by atoms with E-state index in [1.165, 1.54) is 0 Å². The molecule has 8 heteroatoms. The number of hydrogen-bond donors (Lipinski definition) is 2. The van der Waals surface area contributed by atoms with E-state index in [0.29, 0.717) is 37.3 Å². The van der Waals surface area contributed by atoms with E-state index in [9.17, 15) is 9.59 Å². The van der Waals surface area contributed by atoms with Gasteiger partial charge in [0.15, 0.2) is 5.65 Å². The predicted molar refractivity (Wildman–Crippen MR) is 83.8 cm³/mol. The van der Waals surface area contributed by atoms with Crippen LogP contribution in [0.1, 0.15) is 25.1 Å². The fraction of sp³-hybridized carbons (Fsp3) is 0.429. The van der Waals surface area contributed by atoms with Crippen molar-refractivity contribution in [1.82, 2.24) is 19.9 Å². The lowest BCUT2D eigenvalue weighted by Gasteiger charge is -2.21. The summed E-state index contributed by atoms with van der Waals surface area (Å²) in [5.41, 5.74) is 6.79. The normalized spacial score (nSPS) is 18.0. The van der Waals surface area contributed by atoms with Gasteiger partial charge < -0.3 is 15.6 Å². The molecule has 0 radical (unpaired) electrons. The molecule has 1 saturated heterocycles. The lowest BCUT2D eigenvalue weighted by atomic mass is 10.2. The van der Waals surface area contributed by atoms with Gasteiger partial charge in [0.25, 0.3) is 0 Å². The largest absolute Gasteiger partial charge is 0.368 e. The first-order chi connectivity index (χ1) is 10.5. The van der Waals surface area contributed by atoms with Gasteiger partial charge in [0.2, 0.25) is 11.8 Å². The Balaban J connectivity index is 1.66. The van der Waals surface area contributed by atoms with E-state index >= 15 is 0 Å². The van der Waals surface area contributed by atoms with Crippen LogP contribution in [0.15, 0.2) is 16.7 Å². The van der Waals surface area contributed by atoms with E-state index < -0.39 is 11.9 Å². The quantitative estimate of drug-likeness (QED) is 0.846. The second-order valence-electron chi connectivity index (χ2n) is 5.36. The number of fused-ring (bicyclic) bond motifs is 1. The average molecular weight is 366 g/mol. The Morgan fingerprint density at radius 3 is 3.09 bits per heavy atom. The Kier molecular flexibility index (Phi) is 4.10. The van der Waals surface area contributed by atoms with Gasteiger partial charge >= 0.3 is 0 Å². The number of imidazole rings is 1. The molecule has 2 aromatic rings. The highest BCUT2D eigenvalue weighted by Gasteiger charge is 2.32. The molecule has 3 rings (SSSR count). The molecule has 1 aliphatic heterocycles. The van der Waals surface area contributed by atoms with Crippen molar-refractivity contribution in [1.29, 1.82) is 0 Å². The van der Waals surface area contributed by atoms with Gasteiger partial charge in [0.1, 0.15) is 11.9 Å². The first-order valence-electron chi connectivity index (χ1n) is 7.13. The van der Waals surface area contributed by atoms with Crippen molar-refractivity contribution in [3.63, 3.8) is 0 Å². The van der Waals surface area contributed by atoms with Crippen molar-refractivity contribution in [2.45, 2.75) is 31.7 Å². The number of halogens is 1. The summed E-state index contributed by atoms with van der Waals surface area (Å²) >= 11 is 3.35. The molecule has 0 unspecified atom stereocenters. The highest BCUT2D eigenvalue weighted by molar-refractivity contribution is 9.10. The molecule has 116 valence electrons. The number of nitrogens with one attached hydrogen (secondary N) is 1. The Morgan fingerprint density at radius 2 is 2.32 bits per heavy atom. The zero-order valence-electron chi connectivity index (χ0n) is 11.9. The lowest BCUT2D eigenvalue weighted by Crippen LogP contribution is -2.43. The molecule has 0 aromatic carbocycles. The SMILES string of the molecule is NC(=O)[C@H]1CCCN1C(=O)CCc1nc2ncc(Br)cc2[nH]1. The Hall–Kier alpha value is -1.96. The fourth-order valence-corrected chi connectivity index (χ4v) is 3.10. The summed E-state index contributed by atoms with van der Waals surface area (Å²) < 4.78 is 0.868. The van der Waals surface area contributed by atoms with Crippen LogP contribution in [0.2, 0.25) is 0 Å². The molecule has 2 aromatic heterocycles. The van der Waals surface area contributed by atoms with Crippen LogP contribution in [-0.4, -0.2) is 44.3 Å². The Labute approximate surface area is 135 Å². The van der Waals surface area contributed by atoms with Crippen LogP contribution in [0.3, 0.4) is 0 Å². The number of aryl methyl sites for hydroxylation is 1. The monoisotopic (exact) mass is 365 g/mol. The lowest BCUT2D eigenvalue weighted by molar-refractivity contribution is -0.137. The third kappa shape index (κ3) is 2.96. The van der Waals surface area contributed by atoms with Gasteiger partial charge in [-0.2, -0.15) is 0 Å². The van der Waals surface area contributed by atoms with Crippen LogP contribution in [-0.2, 0) is 16.0 Å². The topological polar surface area (TPSA) is 105 Å². The number of aromatic nitrogens is 3. The third-order valence-electron chi connectivity index (χ3n) is 3.83. The number of primary amides is 1. The van der Waals surface area contributed by atoms with E-state index in [0.717, 1.165) is 16.4 Å². The molecule has 3 N–H and O–H groups in total. The third-order valence-corrected chi connectivity index (χ3v) is 4.26. The van der Waals surface area contributed by atoms with Crippen LogP contribution < -0.4 is 5.73 Å². The second-order valence-corrected chi connectivity index (χ2v) is 6.27. The minimum absolute atomic E-state index is 0.0594. The summed E-state index contributed by atoms with van der Waals surface area (Å²) in [6.45, 7) is 0.598. The van der Waals surface area contributed by atoms with Crippen LogP contribution in [0, 0.1) is 0 Å². The minimum atomic E-state index is -0.458. The molecule has 3 heterocycles. The molecule has 0 saturated carbocycles. The van der Waals surface area contributed by atoms with Crippen molar-refractivity contribution < 1.29 is 9.59 Å². The van der Waals surface area contributed by atoms with Crippen LogP contribution >= 0.6 is 15.9 Å². The summed E-state index contributed by atoms with van der Waals surface area (Å²) in [4.78, 5) is 36.9. The first-order valence-corrected chi connectivity index (χ1v) is 7.93. The number of carbonyl (C=O) groups is 2. The number of rotatable bonds is 4. The van der Waals surface area contributed by atoms with E-state index in [4.69, 9.17) is 5.73 Å². The van der Waals surface area contributed by atoms with Gasteiger partial charge in [0, 0.05) is 30.1 Å². The van der Waals surface area contributed by atoms with Crippen molar-refractivity contribution in [2.24, 2.45) is 5.73 Å². The van der Waals surface area contributed by atoms with Crippen molar-refractivity contribution >= 4 is 38.9 Å². The maximum atomic E-state index is 12.3. The standard InChI is InChI=1S/C14H16BrN5O2/c15-8-6-9-14(17-7-8)19-11(18-9)3-4-12(21)20-5-1-2-10(20)13(16)22/h6-7,10H,1-5H2,(H2,16,22)(H,17,18,19)/t10-/m1/s1. The van der Waals surface area contributed by atoms with Gasteiger partial charge in [0.05, 0.1) is 5.52 Å². The van der Waals surface area contributed by atoms with E-state index in [1.807, 2.05) is 6.07 Å². The highest BCUT2D eigenvalue weighted by Crippen LogP contribution is 2.19. The number of pyridine rings is 1. The highest BCUT2D eigenvalue weighted by atomic mass is 79.9. The average Bonchev–Trinajstić information content (AvgIpc) is 3.10. The van der Waals surface area contributed by atoms with E-state index in [-0.39, 0.29) is 5.91 Å². The number of aromatic amines is 1. The molecule has 0 aliphatic carbocycles. The van der Waals surface area contributed by atoms with Crippen LogP contribution in [0.25, 0.3) is 11.2 Å². The molecule has 0 bridgehead atoms. The zero-order valence-corrected chi connectivity index (χ0v) is 13.5. The summed E-state index contributed by atoms with van der Waals surface area (Å²) in [6, 6.07) is 1.44. The summed E-state index contributed by atoms with van der Waals surface area (Å²) in [5, 5.41) is 0. The maximum Gasteiger partial charge on any atom is 0.240 e. The molecule has 1 atom stereocenters. The number of amides is 2. The van der Waals surface area contributed by atoms with Gasteiger partial charge in [-0.25, -0.2) is 9.97 Å². The second kappa shape index (κ2) is 6.04. The van der Waals surface area contributed by atoms with E-state index in [2.05, 4.69) is 30.9 Å². The van der Waals surface area contributed by atoms with Gasteiger partial charge in [-0.05, 0) is 34.8 Å². The van der Waals surface area contributed by atoms with Crippen molar-refractivity contribution in [3.05, 3.63) is 22.6 Å². The predicted octanol–water partition coefficient (Wildman–Crippen LogP) is 1.13. The molecule has 2 amide bonds. The molecule has 7 nitrogen and oxygen atoms in total. The van der Waals surface area contributed by atoms with E-state index in [1.54, 1.807) is 11.1 Å². The molecular weight excluding hydrogens is 350 g/mol. The molecule has 1 aliphatic rings. The summed E-state index contributed by atoms with van der Waals surface area (Å²) in [6.07, 6.45) is 3.94. The van der Waals surface area contributed by atoms with Crippen molar-refractivity contribution in [2.75, 3.05) is 6.54 Å². The van der Waals surface area contributed by atoms with Crippen LogP contribution in [0.5, 0.6) is 0 Å². The number of H-pyrrole nitrogens is 1. The van der Waals surface area contributed by atoms with Crippen LogP contribution in [0.4, 0.5) is 0 Å². The fourth-order valence-electron chi connectivity index (χ4n) is 2.77. The van der Waals surface area contributed by atoms with Crippen molar-refractivity contribution in [3.8, 4) is 0 Å². The smallest absolute Gasteiger partial charge is 0.240 e. The molecule has 22 heavy (non-hydrogen) atoms. The van der Waals surface area contributed by atoms with Gasteiger partial charge in [-0.15, -0.1) is 0 Å². The zero-order chi connectivity index (χ0) is 15.7. The minimum Gasteiger partial charge on any atom is -0.368 e. The maximum absolute atomic E-state index is 12.3. The Morgan fingerprint density at radius 1 is 1.50 bits per heavy atom. The summed E-state index contributed by atoms with van der Waals surface area (Å²) in [7, 11) is 0. The first kappa shape index (κ1) is 15.0. The number of hydrogen-bond acceptors (Lipinski definition) is 4. The number of nitrogens with two attached hydrogens (primary N) is 1. The number of nitrogens with zero attached hydrogens (tertiary/aromatic N) is 3.